The number of rotatable bonds is 8. The van der Waals surface area contributed by atoms with Crippen molar-refractivity contribution in [1.29, 1.82) is 0 Å². The van der Waals surface area contributed by atoms with Crippen LogP contribution in [0.4, 0.5) is 0 Å². The average molecular weight is 343 g/mol. The number of hydrogen-bond acceptors (Lipinski definition) is 4. The molecule has 0 spiro atoms. The highest BCUT2D eigenvalue weighted by atomic mass is 16.5. The van der Waals surface area contributed by atoms with Crippen LogP contribution in [0.15, 0.2) is 42.5 Å². The zero-order valence-corrected chi connectivity index (χ0v) is 15.2. The minimum atomic E-state index is -0.175. The number of aryl methyl sites for hydroxylation is 2. The number of methoxy groups -OCH3 is 1. The molecule has 0 aliphatic heterocycles. The van der Waals surface area contributed by atoms with Crippen molar-refractivity contribution in [3.05, 3.63) is 53.6 Å². The summed E-state index contributed by atoms with van der Waals surface area (Å²) in [7, 11) is 1.62. The first-order chi connectivity index (χ1) is 12.0. The maximum Gasteiger partial charge on any atom is 0.258 e. The van der Waals surface area contributed by atoms with Crippen LogP contribution in [0.2, 0.25) is 0 Å². The summed E-state index contributed by atoms with van der Waals surface area (Å²) >= 11 is 0. The Balaban J connectivity index is 1.73. The topological polar surface area (TPSA) is 56.8 Å². The van der Waals surface area contributed by atoms with Crippen molar-refractivity contribution >= 4 is 5.91 Å². The monoisotopic (exact) mass is 343 g/mol. The lowest BCUT2D eigenvalue weighted by Crippen LogP contribution is -2.39. The number of carbonyl (C=O) groups is 1. The number of benzene rings is 2. The van der Waals surface area contributed by atoms with Gasteiger partial charge in [0, 0.05) is 0 Å². The Bertz CT molecular complexity index is 697. The maximum absolute atomic E-state index is 12.0. The van der Waals surface area contributed by atoms with Crippen LogP contribution in [-0.2, 0) is 4.79 Å². The van der Waals surface area contributed by atoms with E-state index in [1.54, 1.807) is 7.11 Å². The van der Waals surface area contributed by atoms with Crippen molar-refractivity contribution in [2.45, 2.75) is 26.8 Å². The van der Waals surface area contributed by atoms with Crippen molar-refractivity contribution in [1.82, 2.24) is 5.32 Å². The predicted octanol–water partition coefficient (Wildman–Crippen LogP) is 3.27. The lowest BCUT2D eigenvalue weighted by Gasteiger charge is -2.16. The van der Waals surface area contributed by atoms with E-state index in [1.807, 2.05) is 63.2 Å². The summed E-state index contributed by atoms with van der Waals surface area (Å²) in [4.78, 5) is 12.0. The third-order valence-corrected chi connectivity index (χ3v) is 3.66. The van der Waals surface area contributed by atoms with Crippen LogP contribution in [0, 0.1) is 13.8 Å². The van der Waals surface area contributed by atoms with Gasteiger partial charge in [0.15, 0.2) is 6.61 Å². The molecule has 5 nitrogen and oxygen atoms in total. The zero-order chi connectivity index (χ0) is 18.2. The van der Waals surface area contributed by atoms with E-state index in [-0.39, 0.29) is 18.6 Å². The van der Waals surface area contributed by atoms with E-state index in [4.69, 9.17) is 14.2 Å². The van der Waals surface area contributed by atoms with Crippen molar-refractivity contribution in [3.63, 3.8) is 0 Å². The molecule has 2 aromatic carbocycles. The predicted molar refractivity (Wildman–Crippen MR) is 97.5 cm³/mol. The molecule has 2 rings (SSSR count). The van der Waals surface area contributed by atoms with E-state index in [0.29, 0.717) is 6.61 Å². The van der Waals surface area contributed by atoms with E-state index < -0.39 is 0 Å². The summed E-state index contributed by atoms with van der Waals surface area (Å²) in [5.41, 5.74) is 2.18. The number of amides is 1. The van der Waals surface area contributed by atoms with Crippen molar-refractivity contribution in [2.75, 3.05) is 20.3 Å². The largest absolute Gasteiger partial charge is 0.497 e. The highest BCUT2D eigenvalue weighted by molar-refractivity contribution is 5.77. The molecule has 25 heavy (non-hydrogen) atoms. The van der Waals surface area contributed by atoms with Gasteiger partial charge >= 0.3 is 0 Å². The second-order valence-corrected chi connectivity index (χ2v) is 6.01. The van der Waals surface area contributed by atoms with Gasteiger partial charge < -0.3 is 19.5 Å². The summed E-state index contributed by atoms with van der Waals surface area (Å²) in [6.07, 6.45) is 0. The average Bonchev–Trinajstić information content (AvgIpc) is 2.59. The van der Waals surface area contributed by atoms with E-state index >= 15 is 0 Å². The third kappa shape index (κ3) is 6.03. The lowest BCUT2D eigenvalue weighted by atomic mass is 10.1. The molecule has 5 heteroatoms. The second-order valence-electron chi connectivity index (χ2n) is 6.01. The second kappa shape index (κ2) is 8.97. The van der Waals surface area contributed by atoms with Crippen molar-refractivity contribution in [2.24, 2.45) is 0 Å². The molecule has 1 N–H and O–H groups in total. The first-order valence-corrected chi connectivity index (χ1v) is 8.24. The van der Waals surface area contributed by atoms with Gasteiger partial charge in [0.05, 0.1) is 13.2 Å². The fraction of sp³-hybridized carbons (Fsp3) is 0.350. The Hall–Kier alpha value is -2.69. The molecule has 0 fully saturated rings. The standard InChI is InChI=1S/C20H25NO4/c1-14-5-10-19(15(2)11-14)25-13-20(22)21-16(3)12-24-18-8-6-17(23-4)7-9-18/h5-11,16H,12-13H2,1-4H3,(H,21,22)/t16-/m1/s1. The molecule has 134 valence electrons. The maximum atomic E-state index is 12.0. The fourth-order valence-corrected chi connectivity index (χ4v) is 2.36. The van der Waals surface area contributed by atoms with Gasteiger partial charge in [-0.2, -0.15) is 0 Å². The SMILES string of the molecule is COc1ccc(OC[C@@H](C)NC(=O)COc2ccc(C)cc2C)cc1. The van der Waals surface area contributed by atoms with E-state index in [0.717, 1.165) is 22.8 Å². The number of carbonyl (C=O) groups excluding carboxylic acids is 1. The Kier molecular flexibility index (Phi) is 6.69. The molecule has 1 amide bonds. The Morgan fingerprint density at radius 3 is 2.36 bits per heavy atom. The van der Waals surface area contributed by atoms with Gasteiger partial charge in [-0.1, -0.05) is 17.7 Å². The number of ether oxygens (including phenoxy) is 3. The van der Waals surface area contributed by atoms with Gasteiger partial charge in [-0.3, -0.25) is 4.79 Å². The first kappa shape index (κ1) is 18.6. The van der Waals surface area contributed by atoms with E-state index in [9.17, 15) is 4.79 Å². The van der Waals surface area contributed by atoms with Gasteiger partial charge in [-0.15, -0.1) is 0 Å². The summed E-state index contributed by atoms with van der Waals surface area (Å²) < 4.78 is 16.3. The summed E-state index contributed by atoms with van der Waals surface area (Å²) in [6, 6.07) is 13.1. The minimum Gasteiger partial charge on any atom is -0.497 e. The molecule has 0 aliphatic rings. The van der Waals surface area contributed by atoms with Crippen LogP contribution in [0.25, 0.3) is 0 Å². The number of nitrogens with one attached hydrogen (secondary N) is 1. The van der Waals surface area contributed by atoms with Crippen LogP contribution < -0.4 is 19.5 Å². The molecule has 0 heterocycles. The van der Waals surface area contributed by atoms with Crippen LogP contribution >= 0.6 is 0 Å². The van der Waals surface area contributed by atoms with Gasteiger partial charge in [-0.05, 0) is 56.7 Å². The Morgan fingerprint density at radius 1 is 1.04 bits per heavy atom. The van der Waals surface area contributed by atoms with Gasteiger partial charge in [0.2, 0.25) is 0 Å². The van der Waals surface area contributed by atoms with Crippen molar-refractivity contribution < 1.29 is 19.0 Å². The molecule has 0 aliphatic carbocycles. The van der Waals surface area contributed by atoms with Gasteiger partial charge in [0.1, 0.15) is 23.9 Å². The van der Waals surface area contributed by atoms with E-state index in [2.05, 4.69) is 5.32 Å². The molecular weight excluding hydrogens is 318 g/mol. The summed E-state index contributed by atoms with van der Waals surface area (Å²) in [5.74, 6) is 2.05. The summed E-state index contributed by atoms with van der Waals surface area (Å²) in [6.45, 7) is 6.23. The lowest BCUT2D eigenvalue weighted by molar-refractivity contribution is -0.123. The van der Waals surface area contributed by atoms with E-state index in [1.165, 1.54) is 5.56 Å². The zero-order valence-electron chi connectivity index (χ0n) is 15.2. The quantitative estimate of drug-likeness (QED) is 0.799. The molecule has 0 saturated carbocycles. The number of hydrogen-bond donors (Lipinski definition) is 1. The molecule has 0 unspecified atom stereocenters. The smallest absolute Gasteiger partial charge is 0.258 e. The van der Waals surface area contributed by atoms with Crippen LogP contribution in [0.3, 0.4) is 0 Å². The minimum absolute atomic E-state index is 0.0171. The third-order valence-electron chi connectivity index (χ3n) is 3.66. The van der Waals surface area contributed by atoms with Crippen LogP contribution in [-0.4, -0.2) is 32.3 Å². The normalized spacial score (nSPS) is 11.5. The fourth-order valence-electron chi connectivity index (χ4n) is 2.36. The molecule has 0 bridgehead atoms. The highest BCUT2D eigenvalue weighted by Gasteiger charge is 2.10. The molecule has 0 saturated heterocycles. The molecule has 0 aromatic heterocycles. The van der Waals surface area contributed by atoms with Gasteiger partial charge in [-0.25, -0.2) is 0 Å². The van der Waals surface area contributed by atoms with Gasteiger partial charge in [0.25, 0.3) is 5.91 Å². The molecule has 1 atom stereocenters. The van der Waals surface area contributed by atoms with Crippen LogP contribution in [0.5, 0.6) is 17.2 Å². The molecular formula is C20H25NO4. The summed E-state index contributed by atoms with van der Waals surface area (Å²) in [5, 5.41) is 2.86. The van der Waals surface area contributed by atoms with Crippen molar-refractivity contribution in [3.8, 4) is 17.2 Å². The Morgan fingerprint density at radius 2 is 1.72 bits per heavy atom. The Labute approximate surface area is 148 Å². The molecule has 2 aromatic rings. The van der Waals surface area contributed by atoms with Crippen LogP contribution in [0.1, 0.15) is 18.1 Å². The first-order valence-electron chi connectivity index (χ1n) is 8.24. The highest BCUT2D eigenvalue weighted by Crippen LogP contribution is 2.19. The molecule has 0 radical (unpaired) electrons.